The van der Waals surface area contributed by atoms with Gasteiger partial charge in [-0.3, -0.25) is 0 Å². The van der Waals surface area contributed by atoms with Crippen molar-refractivity contribution in [2.45, 2.75) is 28.0 Å². The number of hydrogen-bond acceptors (Lipinski definition) is 1. The third-order valence-corrected chi connectivity index (χ3v) is 3.34. The lowest BCUT2D eigenvalue weighted by atomic mass is 9.49. The Morgan fingerprint density at radius 2 is 1.53 bits per heavy atom. The Balaban J connectivity index is 0.00000180. The van der Waals surface area contributed by atoms with Crippen LogP contribution in [0.4, 0.5) is 0 Å². The van der Waals surface area contributed by atoms with Crippen molar-refractivity contribution in [3.8, 4) is 11.5 Å². The van der Waals surface area contributed by atoms with Crippen molar-refractivity contribution < 1.29 is 4.74 Å². The van der Waals surface area contributed by atoms with E-state index in [1.165, 1.54) is 5.46 Å². The molecule has 0 spiro atoms. The summed E-state index contributed by atoms with van der Waals surface area (Å²) >= 11 is 5.98. The summed E-state index contributed by atoms with van der Waals surface area (Å²) in [6.07, 6.45) is 0. The molecule has 0 amide bonds. The Hall–Kier alpha value is -1.41. The van der Waals surface area contributed by atoms with Crippen LogP contribution in [0.1, 0.15) is 13.0 Å². The number of rotatable bonds is 3. The molecule has 0 aliphatic heterocycles. The fourth-order valence-electron chi connectivity index (χ4n) is 1.74. The molecule has 0 aliphatic carbocycles. The Morgan fingerprint density at radius 1 is 0.947 bits per heavy atom. The van der Waals surface area contributed by atoms with E-state index in [1.54, 1.807) is 0 Å². The molecular formula is C16H20BClO. The molecule has 100 valence electrons. The van der Waals surface area contributed by atoms with Gasteiger partial charge in [-0.05, 0) is 42.8 Å². The lowest BCUT2D eigenvalue weighted by Gasteiger charge is -2.08. The summed E-state index contributed by atoms with van der Waals surface area (Å²) < 4.78 is 5.79. The maximum Gasteiger partial charge on any atom is 0.169 e. The normalized spacial score (nSPS) is 9.68. The van der Waals surface area contributed by atoms with E-state index in [0.29, 0.717) is 6.71 Å². The van der Waals surface area contributed by atoms with Crippen molar-refractivity contribution >= 4 is 23.8 Å². The fraction of sp³-hybridized carbons (Fsp3) is 0.250. The van der Waals surface area contributed by atoms with Gasteiger partial charge in [0, 0.05) is 5.02 Å². The largest absolute Gasteiger partial charge is 0.457 e. The molecule has 0 radical (unpaired) electrons. The Bertz CT molecular complexity index is 535. The van der Waals surface area contributed by atoms with E-state index in [4.69, 9.17) is 16.3 Å². The molecule has 2 aromatic rings. The van der Waals surface area contributed by atoms with Crippen LogP contribution in [-0.4, -0.2) is 6.71 Å². The Kier molecular flexibility index (Phi) is 5.50. The van der Waals surface area contributed by atoms with Crippen LogP contribution in [0.25, 0.3) is 0 Å². The molecular weight excluding hydrogens is 254 g/mol. The summed E-state index contributed by atoms with van der Waals surface area (Å²) in [6.45, 7) is 6.87. The Morgan fingerprint density at radius 3 is 2.05 bits per heavy atom. The second-order valence-electron chi connectivity index (χ2n) is 4.74. The average molecular weight is 275 g/mol. The van der Waals surface area contributed by atoms with Gasteiger partial charge in [0.15, 0.2) is 6.71 Å². The molecule has 2 rings (SSSR count). The first kappa shape index (κ1) is 15.7. The van der Waals surface area contributed by atoms with Crippen LogP contribution >= 0.6 is 11.6 Å². The predicted molar refractivity (Wildman–Crippen MR) is 86.6 cm³/mol. The molecule has 0 unspecified atom stereocenters. The summed E-state index contributed by atoms with van der Waals surface area (Å²) in [4.78, 5) is 0. The highest BCUT2D eigenvalue weighted by Gasteiger charge is 2.04. The molecule has 0 heterocycles. The second-order valence-corrected chi connectivity index (χ2v) is 5.14. The molecule has 3 heteroatoms. The van der Waals surface area contributed by atoms with Crippen molar-refractivity contribution in [3.05, 3.63) is 53.1 Å². The Labute approximate surface area is 121 Å². The highest BCUT2D eigenvalue weighted by molar-refractivity contribution is 6.70. The molecule has 0 atom stereocenters. The minimum Gasteiger partial charge on any atom is -0.457 e. The van der Waals surface area contributed by atoms with Crippen LogP contribution in [0.3, 0.4) is 0 Å². The quantitative estimate of drug-likeness (QED) is 0.713. The first-order valence-corrected chi connectivity index (χ1v) is 6.48. The highest BCUT2D eigenvalue weighted by Crippen LogP contribution is 2.25. The molecule has 1 nitrogen and oxygen atoms in total. The van der Waals surface area contributed by atoms with Gasteiger partial charge in [0.05, 0.1) is 0 Å². The second kappa shape index (κ2) is 6.67. The first-order chi connectivity index (χ1) is 8.56. The highest BCUT2D eigenvalue weighted by atomic mass is 35.5. The SMILES string of the molecule is C.CB(C)c1ccc(Oc2ccc(Cl)c(C)c2)cc1. The molecule has 0 N–H and O–H groups in total. The van der Waals surface area contributed by atoms with Crippen molar-refractivity contribution in [2.24, 2.45) is 0 Å². The van der Waals surface area contributed by atoms with E-state index < -0.39 is 0 Å². The first-order valence-electron chi connectivity index (χ1n) is 6.10. The zero-order valence-corrected chi connectivity index (χ0v) is 11.7. The zero-order chi connectivity index (χ0) is 13.1. The van der Waals surface area contributed by atoms with Crippen LogP contribution in [0.2, 0.25) is 18.7 Å². The number of hydrogen-bond donors (Lipinski definition) is 0. The van der Waals surface area contributed by atoms with E-state index in [-0.39, 0.29) is 7.43 Å². The zero-order valence-electron chi connectivity index (χ0n) is 10.9. The average Bonchev–Trinajstić information content (AvgIpc) is 2.34. The monoisotopic (exact) mass is 274 g/mol. The molecule has 19 heavy (non-hydrogen) atoms. The number of aryl methyl sites for hydroxylation is 1. The topological polar surface area (TPSA) is 9.23 Å². The third kappa shape index (κ3) is 4.04. The van der Waals surface area contributed by atoms with E-state index in [0.717, 1.165) is 22.1 Å². The van der Waals surface area contributed by atoms with Gasteiger partial charge in [0.2, 0.25) is 0 Å². The van der Waals surface area contributed by atoms with E-state index in [2.05, 4.69) is 25.8 Å². The minimum absolute atomic E-state index is 0. The lowest BCUT2D eigenvalue weighted by molar-refractivity contribution is 0.482. The predicted octanol–water partition coefficient (Wildman–Crippen LogP) is 5.04. The third-order valence-electron chi connectivity index (χ3n) is 2.91. The lowest BCUT2D eigenvalue weighted by Crippen LogP contribution is -2.21. The molecule has 0 bridgehead atoms. The molecule has 2 aromatic carbocycles. The number of ether oxygens (including phenoxy) is 1. The molecule has 0 saturated carbocycles. The molecule has 0 saturated heterocycles. The van der Waals surface area contributed by atoms with Crippen LogP contribution < -0.4 is 10.2 Å². The maximum atomic E-state index is 5.98. The van der Waals surface area contributed by atoms with Gasteiger partial charge in [-0.25, -0.2) is 0 Å². The van der Waals surface area contributed by atoms with Gasteiger partial charge >= 0.3 is 0 Å². The van der Waals surface area contributed by atoms with Crippen molar-refractivity contribution in [3.63, 3.8) is 0 Å². The van der Waals surface area contributed by atoms with Crippen molar-refractivity contribution in [1.82, 2.24) is 0 Å². The van der Waals surface area contributed by atoms with Gasteiger partial charge in [-0.2, -0.15) is 0 Å². The summed E-state index contributed by atoms with van der Waals surface area (Å²) in [6, 6.07) is 13.9. The van der Waals surface area contributed by atoms with Gasteiger partial charge in [-0.1, -0.05) is 50.3 Å². The van der Waals surface area contributed by atoms with Crippen LogP contribution in [0.5, 0.6) is 11.5 Å². The smallest absolute Gasteiger partial charge is 0.169 e. The van der Waals surface area contributed by atoms with Crippen LogP contribution in [-0.2, 0) is 0 Å². The molecule has 0 aromatic heterocycles. The van der Waals surface area contributed by atoms with Crippen molar-refractivity contribution in [1.29, 1.82) is 0 Å². The van der Waals surface area contributed by atoms with E-state index >= 15 is 0 Å². The standard InChI is InChI=1S/C15H16BClO.CH4/c1-11-10-14(8-9-15(11)17)18-13-6-4-12(5-7-13)16(2)3;/h4-10H,1-3H3;1H4. The number of benzene rings is 2. The van der Waals surface area contributed by atoms with Crippen LogP contribution in [0.15, 0.2) is 42.5 Å². The summed E-state index contributed by atoms with van der Waals surface area (Å²) in [7, 11) is 0. The summed E-state index contributed by atoms with van der Waals surface area (Å²) in [5.74, 6) is 1.66. The van der Waals surface area contributed by atoms with Crippen molar-refractivity contribution in [2.75, 3.05) is 0 Å². The van der Waals surface area contributed by atoms with Crippen LogP contribution in [0, 0.1) is 6.92 Å². The van der Waals surface area contributed by atoms with Gasteiger partial charge in [-0.15, -0.1) is 0 Å². The summed E-state index contributed by atoms with van der Waals surface area (Å²) in [5.41, 5.74) is 2.34. The van der Waals surface area contributed by atoms with Gasteiger partial charge < -0.3 is 4.74 Å². The van der Waals surface area contributed by atoms with E-state index in [9.17, 15) is 0 Å². The maximum absolute atomic E-state index is 5.98. The summed E-state index contributed by atoms with van der Waals surface area (Å²) in [5, 5.41) is 0.762. The van der Waals surface area contributed by atoms with Gasteiger partial charge in [0.1, 0.15) is 11.5 Å². The molecule has 0 fully saturated rings. The molecule has 0 aliphatic rings. The minimum atomic E-state index is 0. The number of halogens is 1. The van der Waals surface area contributed by atoms with Gasteiger partial charge in [0.25, 0.3) is 0 Å². The fourth-order valence-corrected chi connectivity index (χ4v) is 1.86. The van der Waals surface area contributed by atoms with E-state index in [1.807, 2.05) is 37.3 Å².